The smallest absolute Gasteiger partial charge is 0.315 e. The molecule has 104 valence electrons. The summed E-state index contributed by atoms with van der Waals surface area (Å²) in [4.78, 5) is 12.3. The molecule has 2 rings (SSSR count). The van der Waals surface area contributed by atoms with Crippen LogP contribution in [-0.2, 0) is 9.53 Å². The zero-order chi connectivity index (χ0) is 13.9. The summed E-state index contributed by atoms with van der Waals surface area (Å²) in [6.45, 7) is 2.11. The van der Waals surface area contributed by atoms with Crippen LogP contribution in [0.5, 0.6) is 0 Å². The van der Waals surface area contributed by atoms with Gasteiger partial charge in [-0.2, -0.15) is 0 Å². The number of hydrogen-bond acceptors (Lipinski definition) is 3. The van der Waals surface area contributed by atoms with Crippen molar-refractivity contribution in [2.24, 2.45) is 5.41 Å². The van der Waals surface area contributed by atoms with Crippen LogP contribution in [0.3, 0.4) is 0 Å². The van der Waals surface area contributed by atoms with Gasteiger partial charge in [-0.15, -0.1) is 0 Å². The van der Waals surface area contributed by atoms with Crippen LogP contribution in [0.25, 0.3) is 0 Å². The molecule has 4 heteroatoms. The van der Waals surface area contributed by atoms with E-state index in [4.69, 9.17) is 16.3 Å². The van der Waals surface area contributed by atoms with Crippen LogP contribution < -0.4 is 0 Å². The first-order valence-corrected chi connectivity index (χ1v) is 7.09. The van der Waals surface area contributed by atoms with Crippen molar-refractivity contribution in [1.29, 1.82) is 0 Å². The second-order valence-electron chi connectivity index (χ2n) is 5.01. The van der Waals surface area contributed by atoms with E-state index in [9.17, 15) is 9.90 Å². The summed E-state index contributed by atoms with van der Waals surface area (Å²) in [7, 11) is 0. The van der Waals surface area contributed by atoms with E-state index in [1.54, 1.807) is 19.1 Å². The number of hydrogen-bond donors (Lipinski definition) is 1. The molecule has 0 heterocycles. The van der Waals surface area contributed by atoms with Crippen molar-refractivity contribution in [3.05, 3.63) is 34.9 Å². The standard InChI is InChI=1S/C15H19ClO3/c1-2-19-14(18)15(9-5-6-10-15)13(17)11-7-3-4-8-12(11)16/h3-4,7-8,13,17H,2,5-6,9-10H2,1H3. The summed E-state index contributed by atoms with van der Waals surface area (Å²) in [5.74, 6) is -0.306. The van der Waals surface area contributed by atoms with Crippen molar-refractivity contribution in [1.82, 2.24) is 0 Å². The predicted molar refractivity (Wildman–Crippen MR) is 73.9 cm³/mol. The van der Waals surface area contributed by atoms with Crippen molar-refractivity contribution < 1.29 is 14.6 Å². The largest absolute Gasteiger partial charge is 0.465 e. The van der Waals surface area contributed by atoms with Crippen LogP contribution >= 0.6 is 11.6 Å². The van der Waals surface area contributed by atoms with Gasteiger partial charge < -0.3 is 9.84 Å². The first-order valence-electron chi connectivity index (χ1n) is 6.71. The number of carbonyl (C=O) groups excluding carboxylic acids is 1. The maximum absolute atomic E-state index is 12.3. The highest BCUT2D eigenvalue weighted by molar-refractivity contribution is 6.31. The molecule has 0 saturated heterocycles. The highest BCUT2D eigenvalue weighted by Crippen LogP contribution is 2.49. The summed E-state index contributed by atoms with van der Waals surface area (Å²) < 4.78 is 5.17. The molecule has 0 aliphatic heterocycles. The van der Waals surface area contributed by atoms with Crippen LogP contribution in [0.1, 0.15) is 44.3 Å². The molecule has 19 heavy (non-hydrogen) atoms. The topological polar surface area (TPSA) is 46.5 Å². The Labute approximate surface area is 118 Å². The van der Waals surface area contributed by atoms with Crippen molar-refractivity contribution in [2.75, 3.05) is 6.61 Å². The van der Waals surface area contributed by atoms with Gasteiger partial charge in [0.25, 0.3) is 0 Å². The summed E-state index contributed by atoms with van der Waals surface area (Å²) in [5, 5.41) is 11.2. The molecule has 1 aromatic rings. The third-order valence-corrected chi connectivity index (χ3v) is 4.25. The predicted octanol–water partition coefficient (Wildman–Crippen LogP) is 3.50. The Bertz CT molecular complexity index is 452. The lowest BCUT2D eigenvalue weighted by Crippen LogP contribution is -2.36. The monoisotopic (exact) mass is 282 g/mol. The maximum atomic E-state index is 12.3. The molecular weight excluding hydrogens is 264 g/mol. The molecule has 0 bridgehead atoms. The van der Waals surface area contributed by atoms with E-state index < -0.39 is 11.5 Å². The van der Waals surface area contributed by atoms with Gasteiger partial charge in [0.1, 0.15) is 0 Å². The van der Waals surface area contributed by atoms with Crippen LogP contribution in [0, 0.1) is 5.41 Å². The molecule has 0 radical (unpaired) electrons. The van der Waals surface area contributed by atoms with Gasteiger partial charge in [0, 0.05) is 10.6 Å². The van der Waals surface area contributed by atoms with Crippen LogP contribution in [-0.4, -0.2) is 17.7 Å². The average Bonchev–Trinajstić information content (AvgIpc) is 2.89. The number of ether oxygens (including phenoxy) is 1. The van der Waals surface area contributed by atoms with Gasteiger partial charge >= 0.3 is 5.97 Å². The molecule has 1 aliphatic rings. The van der Waals surface area contributed by atoms with Gasteiger partial charge in [0.15, 0.2) is 0 Å². The van der Waals surface area contributed by atoms with Gasteiger partial charge in [0.2, 0.25) is 0 Å². The lowest BCUT2D eigenvalue weighted by molar-refractivity contribution is -0.163. The molecule has 0 aromatic heterocycles. The van der Waals surface area contributed by atoms with E-state index in [0.717, 1.165) is 12.8 Å². The van der Waals surface area contributed by atoms with E-state index in [2.05, 4.69) is 0 Å². The third kappa shape index (κ3) is 2.63. The van der Waals surface area contributed by atoms with Gasteiger partial charge in [-0.25, -0.2) is 0 Å². The molecule has 0 spiro atoms. The summed E-state index contributed by atoms with van der Waals surface area (Å²) >= 11 is 6.13. The Kier molecular flexibility index (Phi) is 4.48. The zero-order valence-electron chi connectivity index (χ0n) is 11.1. The number of halogens is 1. The zero-order valence-corrected chi connectivity index (χ0v) is 11.8. The first-order chi connectivity index (χ1) is 9.12. The van der Waals surface area contributed by atoms with Crippen LogP contribution in [0.15, 0.2) is 24.3 Å². The van der Waals surface area contributed by atoms with Crippen molar-refractivity contribution in [3.63, 3.8) is 0 Å². The van der Waals surface area contributed by atoms with Gasteiger partial charge in [-0.05, 0) is 25.8 Å². The minimum Gasteiger partial charge on any atom is -0.465 e. The number of benzene rings is 1. The molecule has 1 saturated carbocycles. The SMILES string of the molecule is CCOC(=O)C1(C(O)c2ccccc2Cl)CCCC1. The molecule has 1 atom stereocenters. The van der Waals surface area contributed by atoms with Gasteiger partial charge in [-0.1, -0.05) is 42.6 Å². The summed E-state index contributed by atoms with van der Waals surface area (Å²) in [5.41, 5.74) is -0.222. The number of esters is 1. The first kappa shape index (κ1) is 14.4. The van der Waals surface area contributed by atoms with E-state index in [0.29, 0.717) is 30.0 Å². The third-order valence-electron chi connectivity index (χ3n) is 3.90. The molecule has 1 N–H and O–H groups in total. The number of carbonyl (C=O) groups is 1. The second-order valence-corrected chi connectivity index (χ2v) is 5.41. The molecule has 0 amide bonds. The van der Waals surface area contributed by atoms with E-state index in [1.807, 2.05) is 12.1 Å². The molecular formula is C15H19ClO3. The highest BCUT2D eigenvalue weighted by atomic mass is 35.5. The van der Waals surface area contributed by atoms with Crippen LogP contribution in [0.4, 0.5) is 0 Å². The van der Waals surface area contributed by atoms with E-state index in [-0.39, 0.29) is 5.97 Å². The van der Waals surface area contributed by atoms with E-state index in [1.165, 1.54) is 0 Å². The van der Waals surface area contributed by atoms with Gasteiger partial charge in [-0.3, -0.25) is 4.79 Å². The molecule has 3 nitrogen and oxygen atoms in total. The number of aliphatic hydroxyl groups is 1. The molecule has 1 fully saturated rings. The minimum atomic E-state index is -0.900. The molecule has 1 aliphatic carbocycles. The molecule has 1 unspecified atom stereocenters. The Morgan fingerprint density at radius 1 is 1.42 bits per heavy atom. The Balaban J connectivity index is 2.34. The minimum absolute atomic E-state index is 0.306. The average molecular weight is 283 g/mol. The highest BCUT2D eigenvalue weighted by Gasteiger charge is 2.49. The summed E-state index contributed by atoms with van der Waals surface area (Å²) in [6.07, 6.45) is 2.26. The molecule has 1 aromatic carbocycles. The fourth-order valence-electron chi connectivity index (χ4n) is 2.86. The lowest BCUT2D eigenvalue weighted by Gasteiger charge is -2.32. The van der Waals surface area contributed by atoms with Crippen molar-refractivity contribution >= 4 is 17.6 Å². The number of rotatable bonds is 4. The van der Waals surface area contributed by atoms with E-state index >= 15 is 0 Å². The second kappa shape index (κ2) is 5.93. The van der Waals surface area contributed by atoms with Crippen LogP contribution in [0.2, 0.25) is 5.02 Å². The Morgan fingerprint density at radius 3 is 2.63 bits per heavy atom. The quantitative estimate of drug-likeness (QED) is 0.860. The van der Waals surface area contributed by atoms with Gasteiger partial charge in [0.05, 0.1) is 18.1 Å². The lowest BCUT2D eigenvalue weighted by atomic mass is 9.77. The number of aliphatic hydroxyl groups excluding tert-OH is 1. The fraction of sp³-hybridized carbons (Fsp3) is 0.533. The van der Waals surface area contributed by atoms with Crippen molar-refractivity contribution in [3.8, 4) is 0 Å². The Hall–Kier alpha value is -1.06. The van der Waals surface area contributed by atoms with Crippen molar-refractivity contribution in [2.45, 2.75) is 38.7 Å². The fourth-order valence-corrected chi connectivity index (χ4v) is 3.10. The normalized spacial score (nSPS) is 19.1. The Morgan fingerprint density at radius 2 is 2.05 bits per heavy atom. The maximum Gasteiger partial charge on any atom is 0.315 e. The summed E-state index contributed by atoms with van der Waals surface area (Å²) in [6, 6.07) is 7.13.